The fourth-order valence-electron chi connectivity index (χ4n) is 4.37. The normalized spacial score (nSPS) is 20.3. The van der Waals surface area contributed by atoms with Crippen molar-refractivity contribution in [3.05, 3.63) is 28.7 Å². The molecule has 1 aromatic heterocycles. The van der Waals surface area contributed by atoms with Crippen LogP contribution < -0.4 is 10.5 Å². The third kappa shape index (κ3) is 5.84. The zero-order chi connectivity index (χ0) is 23.5. The van der Waals surface area contributed by atoms with Crippen LogP contribution in [-0.4, -0.2) is 59.9 Å². The molecule has 0 aromatic carbocycles. The van der Waals surface area contributed by atoms with Gasteiger partial charge in [-0.15, -0.1) is 0 Å². The van der Waals surface area contributed by atoms with Crippen molar-refractivity contribution in [1.82, 2.24) is 9.47 Å². The van der Waals surface area contributed by atoms with Crippen molar-refractivity contribution in [2.45, 2.75) is 77.5 Å². The zero-order valence-electron chi connectivity index (χ0n) is 20.0. The number of hydrogen-bond acceptors (Lipinski definition) is 6. The molecule has 1 aliphatic carbocycles. The number of esters is 1. The molecule has 8 heteroatoms. The molecule has 8 nitrogen and oxygen atoms in total. The summed E-state index contributed by atoms with van der Waals surface area (Å²) in [5.74, 6) is 0.0866. The van der Waals surface area contributed by atoms with Crippen LogP contribution >= 0.6 is 0 Å². The van der Waals surface area contributed by atoms with E-state index in [2.05, 4.69) is 4.90 Å². The highest BCUT2D eigenvalue weighted by Crippen LogP contribution is 2.30. The Morgan fingerprint density at radius 3 is 2.50 bits per heavy atom. The van der Waals surface area contributed by atoms with E-state index in [0.29, 0.717) is 12.5 Å². The lowest BCUT2D eigenvalue weighted by atomic mass is 9.84. The van der Waals surface area contributed by atoms with Gasteiger partial charge in [0.25, 0.3) is 5.56 Å². The van der Waals surface area contributed by atoms with Gasteiger partial charge in [-0.05, 0) is 65.4 Å². The molecule has 2 fully saturated rings. The summed E-state index contributed by atoms with van der Waals surface area (Å²) in [7, 11) is 1.31. The summed E-state index contributed by atoms with van der Waals surface area (Å²) in [6.07, 6.45) is 6.78. The average Bonchev–Trinajstić information content (AvgIpc) is 2.70. The molecule has 3 rings (SSSR count). The number of pyridine rings is 1. The van der Waals surface area contributed by atoms with Crippen LogP contribution in [0.25, 0.3) is 0 Å². The monoisotopic (exact) mass is 447 g/mol. The third-order valence-electron chi connectivity index (χ3n) is 6.40. The molecule has 1 unspecified atom stereocenters. The standard InChI is InChI=1S/C24H37N3O5/c1-17(22(29)31-5)26-13-11-19(14-21(26)28)25-12-7-10-20(16-25)27(15-18-8-6-9-18)23(30)32-24(2,3)4/h11,13-14,17-18,20H,6-10,12,15-16H2,1-5H3/t17?,20-/m1/s1. The van der Waals surface area contributed by atoms with Gasteiger partial charge in [0.2, 0.25) is 0 Å². The van der Waals surface area contributed by atoms with Gasteiger partial charge in [-0.2, -0.15) is 0 Å². The maximum Gasteiger partial charge on any atom is 0.410 e. The van der Waals surface area contributed by atoms with Crippen LogP contribution in [0.2, 0.25) is 0 Å². The lowest BCUT2D eigenvalue weighted by Crippen LogP contribution is -2.53. The van der Waals surface area contributed by atoms with Crippen LogP contribution in [-0.2, 0) is 14.3 Å². The first-order chi connectivity index (χ1) is 15.1. The fraction of sp³-hybridized carbons (Fsp3) is 0.708. The van der Waals surface area contributed by atoms with E-state index in [1.807, 2.05) is 31.7 Å². The molecule has 1 aliphatic heterocycles. The van der Waals surface area contributed by atoms with Crippen molar-refractivity contribution in [2.75, 3.05) is 31.6 Å². The molecule has 1 saturated heterocycles. The molecule has 0 bridgehead atoms. The van der Waals surface area contributed by atoms with Gasteiger partial charge in [0.05, 0.1) is 13.2 Å². The second kappa shape index (κ2) is 9.96. The first-order valence-corrected chi connectivity index (χ1v) is 11.6. The summed E-state index contributed by atoms with van der Waals surface area (Å²) in [6.45, 7) is 9.52. The molecule has 32 heavy (non-hydrogen) atoms. The summed E-state index contributed by atoms with van der Waals surface area (Å²) in [6, 6.07) is 2.77. The van der Waals surface area contributed by atoms with Gasteiger partial charge in [-0.1, -0.05) is 6.42 Å². The highest BCUT2D eigenvalue weighted by atomic mass is 16.6. The van der Waals surface area contributed by atoms with Crippen molar-refractivity contribution in [2.24, 2.45) is 5.92 Å². The van der Waals surface area contributed by atoms with E-state index in [0.717, 1.165) is 44.5 Å². The molecular weight excluding hydrogens is 410 g/mol. The highest BCUT2D eigenvalue weighted by molar-refractivity contribution is 5.73. The van der Waals surface area contributed by atoms with Gasteiger partial charge in [-0.3, -0.25) is 4.79 Å². The molecular formula is C24H37N3O5. The van der Waals surface area contributed by atoms with Crippen molar-refractivity contribution >= 4 is 17.7 Å². The van der Waals surface area contributed by atoms with E-state index in [-0.39, 0.29) is 17.7 Å². The summed E-state index contributed by atoms with van der Waals surface area (Å²) >= 11 is 0. The first kappa shape index (κ1) is 24.1. The van der Waals surface area contributed by atoms with Crippen LogP contribution in [0.4, 0.5) is 10.5 Å². The van der Waals surface area contributed by atoms with Crippen molar-refractivity contribution in [3.8, 4) is 0 Å². The first-order valence-electron chi connectivity index (χ1n) is 11.6. The predicted octanol–water partition coefficient (Wildman–Crippen LogP) is 3.59. The van der Waals surface area contributed by atoms with Crippen LogP contribution in [0, 0.1) is 5.92 Å². The van der Waals surface area contributed by atoms with Gasteiger partial charge < -0.3 is 23.8 Å². The maximum absolute atomic E-state index is 13.0. The minimum absolute atomic E-state index is 0.0376. The molecule has 1 aromatic rings. The Hall–Kier alpha value is -2.51. The molecule has 1 amide bonds. The van der Waals surface area contributed by atoms with Crippen LogP contribution in [0.1, 0.15) is 65.8 Å². The fourth-order valence-corrected chi connectivity index (χ4v) is 4.37. The lowest BCUT2D eigenvalue weighted by molar-refractivity contribution is -0.144. The zero-order valence-corrected chi connectivity index (χ0v) is 20.0. The number of carbonyl (C=O) groups excluding carboxylic acids is 2. The van der Waals surface area contributed by atoms with E-state index in [1.165, 1.54) is 18.1 Å². The number of anilines is 1. The van der Waals surface area contributed by atoms with Gasteiger partial charge in [0.1, 0.15) is 11.6 Å². The van der Waals surface area contributed by atoms with Gasteiger partial charge in [0.15, 0.2) is 0 Å². The second-order valence-corrected chi connectivity index (χ2v) is 10.0. The number of methoxy groups -OCH3 is 1. The highest BCUT2D eigenvalue weighted by Gasteiger charge is 2.34. The molecule has 1 saturated carbocycles. The summed E-state index contributed by atoms with van der Waals surface area (Å²) in [4.78, 5) is 41.6. The number of piperidine rings is 1. The number of amides is 1. The van der Waals surface area contributed by atoms with E-state index in [1.54, 1.807) is 19.2 Å². The third-order valence-corrected chi connectivity index (χ3v) is 6.40. The Bertz CT molecular complexity index is 871. The van der Waals surface area contributed by atoms with E-state index in [4.69, 9.17) is 9.47 Å². The largest absolute Gasteiger partial charge is 0.467 e. The predicted molar refractivity (Wildman–Crippen MR) is 123 cm³/mol. The molecule has 0 spiro atoms. The Morgan fingerprint density at radius 2 is 1.94 bits per heavy atom. The van der Waals surface area contributed by atoms with Crippen LogP contribution in [0.15, 0.2) is 23.1 Å². The van der Waals surface area contributed by atoms with Crippen molar-refractivity contribution in [3.63, 3.8) is 0 Å². The minimum atomic E-state index is -0.680. The molecule has 2 atom stereocenters. The molecule has 0 radical (unpaired) electrons. The van der Waals surface area contributed by atoms with Crippen LogP contribution in [0.3, 0.4) is 0 Å². The van der Waals surface area contributed by atoms with E-state index in [9.17, 15) is 14.4 Å². The molecule has 0 N–H and O–H groups in total. The number of ether oxygens (including phenoxy) is 2. The Kier molecular flexibility index (Phi) is 7.51. The topological polar surface area (TPSA) is 81.1 Å². The van der Waals surface area contributed by atoms with E-state index >= 15 is 0 Å². The number of aromatic nitrogens is 1. The second-order valence-electron chi connectivity index (χ2n) is 10.0. The van der Waals surface area contributed by atoms with Crippen LogP contribution in [0.5, 0.6) is 0 Å². The van der Waals surface area contributed by atoms with Gasteiger partial charge >= 0.3 is 12.1 Å². The molecule has 2 heterocycles. The maximum atomic E-state index is 13.0. The molecule has 2 aliphatic rings. The van der Waals surface area contributed by atoms with Crippen molar-refractivity contribution < 1.29 is 19.1 Å². The Balaban J connectivity index is 1.76. The SMILES string of the molecule is COC(=O)C(C)n1ccc(N2CCC[C@@H](N(CC3CCC3)C(=O)OC(C)(C)C)C2)cc1=O. The summed E-state index contributed by atoms with van der Waals surface area (Å²) in [5.41, 5.74) is 0.0197. The number of nitrogens with zero attached hydrogens (tertiary/aromatic N) is 3. The number of rotatable bonds is 6. The average molecular weight is 448 g/mol. The number of hydrogen-bond donors (Lipinski definition) is 0. The van der Waals surface area contributed by atoms with Gasteiger partial charge in [-0.25, -0.2) is 9.59 Å². The van der Waals surface area contributed by atoms with Gasteiger partial charge in [0, 0.05) is 37.6 Å². The summed E-state index contributed by atoms with van der Waals surface area (Å²) in [5, 5.41) is 0. The lowest BCUT2D eigenvalue weighted by Gasteiger charge is -2.43. The minimum Gasteiger partial charge on any atom is -0.467 e. The number of carbonyl (C=O) groups is 2. The summed E-state index contributed by atoms with van der Waals surface area (Å²) < 4.78 is 11.9. The Morgan fingerprint density at radius 1 is 1.22 bits per heavy atom. The molecule has 178 valence electrons. The smallest absolute Gasteiger partial charge is 0.410 e. The quantitative estimate of drug-likeness (QED) is 0.620. The van der Waals surface area contributed by atoms with Crippen molar-refractivity contribution in [1.29, 1.82) is 0 Å². The Labute approximate surface area is 190 Å². The van der Waals surface area contributed by atoms with E-state index < -0.39 is 17.6 Å².